The molecule has 3 heterocycles. The summed E-state index contributed by atoms with van der Waals surface area (Å²) in [6.45, 7) is 0. The molecule has 1 N–H and O–H groups in total. The van der Waals surface area contributed by atoms with Gasteiger partial charge in [-0.05, 0) is 37.8 Å². The second-order valence-electron chi connectivity index (χ2n) is 5.13. The van der Waals surface area contributed by atoms with Crippen LogP contribution in [0.5, 0.6) is 0 Å². The molecule has 1 aromatic rings. The Labute approximate surface area is 108 Å². The SMILES string of the molecule is N#Cc1ccc(C2(O)CC3CCC(C2)S3=O)nc1. The number of nitrogens with zero attached hydrogens (tertiary/aromatic N) is 2. The Kier molecular flexibility index (Phi) is 2.72. The van der Waals surface area contributed by atoms with Crippen molar-refractivity contribution in [2.75, 3.05) is 0 Å². The molecule has 0 radical (unpaired) electrons. The lowest BCUT2D eigenvalue weighted by Crippen LogP contribution is -2.40. The Bertz CT molecular complexity index is 519. The lowest BCUT2D eigenvalue weighted by atomic mass is 9.89. The molecular weight excluding hydrogens is 248 g/mol. The van der Waals surface area contributed by atoms with Gasteiger partial charge in [0.1, 0.15) is 11.7 Å². The summed E-state index contributed by atoms with van der Waals surface area (Å²) >= 11 is 0. The van der Waals surface area contributed by atoms with E-state index in [1.807, 2.05) is 6.07 Å². The summed E-state index contributed by atoms with van der Waals surface area (Å²) in [5.74, 6) is 0. The molecule has 2 fully saturated rings. The molecular formula is C13H14N2O2S. The van der Waals surface area contributed by atoms with Gasteiger partial charge in [0.05, 0.1) is 11.3 Å². The largest absolute Gasteiger partial charge is 0.383 e. The van der Waals surface area contributed by atoms with Crippen molar-refractivity contribution in [3.63, 3.8) is 0 Å². The van der Waals surface area contributed by atoms with Crippen LogP contribution in [0.1, 0.15) is 36.9 Å². The van der Waals surface area contributed by atoms with Crippen LogP contribution in [-0.2, 0) is 16.4 Å². The Hall–Kier alpha value is -1.25. The molecule has 2 aliphatic heterocycles. The maximum atomic E-state index is 11.9. The van der Waals surface area contributed by atoms with Gasteiger partial charge in [-0.2, -0.15) is 5.26 Å². The molecule has 4 nitrogen and oxygen atoms in total. The number of rotatable bonds is 1. The lowest BCUT2D eigenvalue weighted by Gasteiger charge is -2.35. The molecule has 2 unspecified atom stereocenters. The predicted molar refractivity (Wildman–Crippen MR) is 67.0 cm³/mol. The number of aromatic nitrogens is 1. The molecule has 0 amide bonds. The van der Waals surface area contributed by atoms with E-state index in [-0.39, 0.29) is 10.5 Å². The number of aliphatic hydroxyl groups is 1. The van der Waals surface area contributed by atoms with E-state index in [0.717, 1.165) is 12.8 Å². The van der Waals surface area contributed by atoms with Crippen molar-refractivity contribution in [3.8, 4) is 6.07 Å². The Balaban J connectivity index is 1.91. The lowest BCUT2D eigenvalue weighted by molar-refractivity contribution is 0.0142. The second-order valence-corrected chi connectivity index (χ2v) is 7.12. The number of nitriles is 1. The molecule has 0 spiro atoms. The fourth-order valence-corrected chi connectivity index (χ4v) is 5.19. The van der Waals surface area contributed by atoms with Crippen LogP contribution in [-0.4, -0.2) is 24.8 Å². The molecule has 0 aromatic carbocycles. The third-order valence-electron chi connectivity index (χ3n) is 3.97. The molecule has 2 aliphatic rings. The monoisotopic (exact) mass is 262 g/mol. The zero-order valence-electron chi connectivity index (χ0n) is 9.87. The highest BCUT2D eigenvalue weighted by Crippen LogP contribution is 2.45. The molecule has 94 valence electrons. The Morgan fingerprint density at radius 3 is 2.56 bits per heavy atom. The van der Waals surface area contributed by atoms with Crippen LogP contribution in [0.25, 0.3) is 0 Å². The van der Waals surface area contributed by atoms with Gasteiger partial charge in [-0.1, -0.05) is 0 Å². The van der Waals surface area contributed by atoms with Gasteiger partial charge in [0, 0.05) is 27.5 Å². The zero-order valence-corrected chi connectivity index (χ0v) is 10.7. The standard InChI is InChI=1S/C13H14N2O2S/c14-7-9-1-4-12(15-8-9)13(16)5-10-2-3-11(6-13)18(10)17/h1,4,8,10-11,16H,2-3,5-6H2. The molecule has 2 atom stereocenters. The summed E-state index contributed by atoms with van der Waals surface area (Å²) in [7, 11) is -0.785. The summed E-state index contributed by atoms with van der Waals surface area (Å²) in [5, 5.41) is 19.7. The topological polar surface area (TPSA) is 74.0 Å². The van der Waals surface area contributed by atoms with E-state index in [0.29, 0.717) is 24.1 Å². The van der Waals surface area contributed by atoms with Crippen molar-refractivity contribution < 1.29 is 9.32 Å². The first-order chi connectivity index (χ1) is 8.62. The fourth-order valence-electron chi connectivity index (χ4n) is 3.03. The molecule has 0 aliphatic carbocycles. The van der Waals surface area contributed by atoms with Gasteiger partial charge in [-0.3, -0.25) is 9.19 Å². The number of pyridine rings is 1. The van der Waals surface area contributed by atoms with Crippen molar-refractivity contribution in [2.45, 2.75) is 41.8 Å². The first kappa shape index (κ1) is 11.8. The van der Waals surface area contributed by atoms with Crippen LogP contribution in [0, 0.1) is 11.3 Å². The zero-order chi connectivity index (χ0) is 12.8. The van der Waals surface area contributed by atoms with Gasteiger partial charge in [0.15, 0.2) is 0 Å². The third-order valence-corrected chi connectivity index (χ3v) is 6.09. The van der Waals surface area contributed by atoms with Crippen molar-refractivity contribution in [1.29, 1.82) is 5.26 Å². The van der Waals surface area contributed by atoms with Crippen LogP contribution in [0.3, 0.4) is 0 Å². The molecule has 0 saturated carbocycles. The van der Waals surface area contributed by atoms with Crippen LogP contribution in [0.2, 0.25) is 0 Å². The van der Waals surface area contributed by atoms with Crippen LogP contribution in [0.4, 0.5) is 0 Å². The average Bonchev–Trinajstić information content (AvgIpc) is 2.63. The van der Waals surface area contributed by atoms with Gasteiger partial charge in [0.2, 0.25) is 0 Å². The second kappa shape index (κ2) is 4.15. The van der Waals surface area contributed by atoms with Crippen LogP contribution in [0.15, 0.2) is 18.3 Å². The van der Waals surface area contributed by atoms with Gasteiger partial charge >= 0.3 is 0 Å². The van der Waals surface area contributed by atoms with E-state index in [9.17, 15) is 9.32 Å². The molecule has 2 saturated heterocycles. The van der Waals surface area contributed by atoms with Gasteiger partial charge in [-0.15, -0.1) is 0 Å². The number of hydrogen-bond donors (Lipinski definition) is 1. The Morgan fingerprint density at radius 1 is 1.39 bits per heavy atom. The van der Waals surface area contributed by atoms with Gasteiger partial charge < -0.3 is 5.11 Å². The molecule has 3 rings (SSSR count). The quantitative estimate of drug-likeness (QED) is 0.825. The predicted octanol–water partition coefficient (Wildman–Crippen LogP) is 1.21. The van der Waals surface area contributed by atoms with Gasteiger partial charge in [-0.25, -0.2) is 0 Å². The summed E-state index contributed by atoms with van der Waals surface area (Å²) in [5.41, 5.74) is 0.132. The van der Waals surface area contributed by atoms with E-state index in [2.05, 4.69) is 4.98 Å². The smallest absolute Gasteiger partial charge is 0.109 e. The summed E-state index contributed by atoms with van der Waals surface area (Å²) in [6.07, 6.45) is 4.41. The normalized spacial score (nSPS) is 38.3. The fraction of sp³-hybridized carbons (Fsp3) is 0.538. The highest BCUT2D eigenvalue weighted by atomic mass is 32.2. The average molecular weight is 262 g/mol. The molecule has 2 bridgehead atoms. The summed E-state index contributed by atoms with van der Waals surface area (Å²) < 4.78 is 11.9. The van der Waals surface area contributed by atoms with E-state index >= 15 is 0 Å². The number of hydrogen-bond acceptors (Lipinski definition) is 4. The van der Waals surface area contributed by atoms with Crippen molar-refractivity contribution >= 4 is 10.8 Å². The van der Waals surface area contributed by atoms with E-state index in [1.54, 1.807) is 12.1 Å². The minimum atomic E-state index is -0.965. The molecule has 1 aromatic heterocycles. The maximum Gasteiger partial charge on any atom is 0.109 e. The first-order valence-electron chi connectivity index (χ1n) is 6.11. The van der Waals surface area contributed by atoms with Crippen molar-refractivity contribution in [3.05, 3.63) is 29.6 Å². The molecule has 18 heavy (non-hydrogen) atoms. The summed E-state index contributed by atoms with van der Waals surface area (Å²) in [6, 6.07) is 5.40. The van der Waals surface area contributed by atoms with Crippen molar-refractivity contribution in [2.24, 2.45) is 0 Å². The first-order valence-corrected chi connectivity index (χ1v) is 7.38. The van der Waals surface area contributed by atoms with Crippen LogP contribution < -0.4 is 0 Å². The van der Waals surface area contributed by atoms with E-state index < -0.39 is 16.4 Å². The molecule has 5 heteroatoms. The van der Waals surface area contributed by atoms with E-state index in [4.69, 9.17) is 5.26 Å². The third kappa shape index (κ3) is 1.76. The highest BCUT2D eigenvalue weighted by molar-refractivity contribution is 7.86. The van der Waals surface area contributed by atoms with Crippen LogP contribution >= 0.6 is 0 Å². The summed E-state index contributed by atoms with van der Waals surface area (Å²) in [4.78, 5) is 4.20. The van der Waals surface area contributed by atoms with Gasteiger partial charge in [0.25, 0.3) is 0 Å². The Morgan fingerprint density at radius 2 is 2.06 bits per heavy atom. The maximum absolute atomic E-state index is 11.9. The highest BCUT2D eigenvalue weighted by Gasteiger charge is 2.48. The minimum Gasteiger partial charge on any atom is -0.383 e. The number of fused-ring (bicyclic) bond motifs is 2. The van der Waals surface area contributed by atoms with Crippen molar-refractivity contribution in [1.82, 2.24) is 4.98 Å². The van der Waals surface area contributed by atoms with E-state index in [1.165, 1.54) is 6.20 Å². The minimum absolute atomic E-state index is 0.103.